The number of thiazole rings is 1. The van der Waals surface area contributed by atoms with Crippen LogP contribution < -0.4 is 0 Å². The van der Waals surface area contributed by atoms with E-state index in [1.54, 1.807) is 30.8 Å². The maximum absolute atomic E-state index is 4.72. The van der Waals surface area contributed by atoms with Crippen molar-refractivity contribution in [2.24, 2.45) is 0 Å². The standard InChI is InChI=1S/C6H6BrNOS/c1-9-3-2-5-4-10-6(7)8-5/h2-4H,1H3/b3-2+. The number of hydrogen-bond acceptors (Lipinski definition) is 3. The summed E-state index contributed by atoms with van der Waals surface area (Å²) in [5, 5.41) is 1.94. The third-order valence-electron chi connectivity index (χ3n) is 0.869. The van der Waals surface area contributed by atoms with Gasteiger partial charge in [0.1, 0.15) is 0 Å². The zero-order chi connectivity index (χ0) is 7.40. The Bertz CT molecular complexity index is 233. The van der Waals surface area contributed by atoms with Crippen LogP contribution in [0.4, 0.5) is 0 Å². The summed E-state index contributed by atoms with van der Waals surface area (Å²) < 4.78 is 5.62. The van der Waals surface area contributed by atoms with Gasteiger partial charge in [0.15, 0.2) is 3.92 Å². The zero-order valence-corrected chi connectivity index (χ0v) is 7.78. The average Bonchev–Trinajstić information content (AvgIpc) is 2.31. The third kappa shape index (κ3) is 2.11. The highest BCUT2D eigenvalue weighted by Gasteiger charge is 1.92. The number of hydrogen-bond donors (Lipinski definition) is 0. The maximum atomic E-state index is 4.72. The number of aromatic nitrogens is 1. The summed E-state index contributed by atoms with van der Waals surface area (Å²) in [5.41, 5.74) is 0.915. The van der Waals surface area contributed by atoms with Crippen LogP contribution in [0.3, 0.4) is 0 Å². The monoisotopic (exact) mass is 219 g/mol. The Labute approximate surface area is 71.7 Å². The van der Waals surface area contributed by atoms with Gasteiger partial charge in [0.2, 0.25) is 0 Å². The fourth-order valence-corrected chi connectivity index (χ4v) is 1.47. The molecule has 1 rings (SSSR count). The van der Waals surface area contributed by atoms with Gasteiger partial charge in [-0.15, -0.1) is 11.3 Å². The number of rotatable bonds is 2. The van der Waals surface area contributed by atoms with Gasteiger partial charge < -0.3 is 4.74 Å². The molecule has 0 aliphatic heterocycles. The lowest BCUT2D eigenvalue weighted by molar-refractivity contribution is 0.341. The highest BCUT2D eigenvalue weighted by molar-refractivity contribution is 9.11. The highest BCUT2D eigenvalue weighted by Crippen LogP contribution is 2.16. The van der Waals surface area contributed by atoms with E-state index in [0.29, 0.717) is 0 Å². The van der Waals surface area contributed by atoms with Crippen LogP contribution in [0.25, 0.3) is 6.08 Å². The molecule has 54 valence electrons. The summed E-state index contributed by atoms with van der Waals surface area (Å²) in [7, 11) is 1.61. The van der Waals surface area contributed by atoms with Gasteiger partial charge in [0.25, 0.3) is 0 Å². The van der Waals surface area contributed by atoms with Gasteiger partial charge in [-0.05, 0) is 22.0 Å². The molecule has 0 spiro atoms. The van der Waals surface area contributed by atoms with Crippen molar-refractivity contribution in [3.8, 4) is 0 Å². The second-order valence-corrected chi connectivity index (χ2v) is 3.70. The second kappa shape index (κ2) is 3.73. The lowest BCUT2D eigenvalue weighted by atomic mass is 10.5. The van der Waals surface area contributed by atoms with Crippen molar-refractivity contribution in [3.63, 3.8) is 0 Å². The van der Waals surface area contributed by atoms with Crippen LogP contribution in [0.2, 0.25) is 0 Å². The number of methoxy groups -OCH3 is 1. The van der Waals surface area contributed by atoms with Crippen molar-refractivity contribution >= 4 is 33.3 Å². The van der Waals surface area contributed by atoms with E-state index in [1.165, 1.54) is 0 Å². The van der Waals surface area contributed by atoms with Crippen molar-refractivity contribution in [2.45, 2.75) is 0 Å². The fourth-order valence-electron chi connectivity index (χ4n) is 0.478. The first kappa shape index (κ1) is 7.75. The Hall–Kier alpha value is -0.350. The molecule has 10 heavy (non-hydrogen) atoms. The summed E-state index contributed by atoms with van der Waals surface area (Å²) in [4.78, 5) is 4.12. The predicted octanol–water partition coefficient (Wildman–Crippen LogP) is 2.52. The smallest absolute Gasteiger partial charge is 0.159 e. The Morgan fingerprint density at radius 1 is 1.80 bits per heavy atom. The minimum atomic E-state index is 0.892. The first-order valence-electron chi connectivity index (χ1n) is 2.63. The first-order chi connectivity index (χ1) is 4.83. The molecule has 1 aromatic heterocycles. The lowest BCUT2D eigenvalue weighted by Crippen LogP contribution is -1.69. The molecule has 0 bridgehead atoms. The van der Waals surface area contributed by atoms with Gasteiger partial charge >= 0.3 is 0 Å². The van der Waals surface area contributed by atoms with Gasteiger partial charge in [-0.1, -0.05) is 0 Å². The van der Waals surface area contributed by atoms with E-state index >= 15 is 0 Å². The molecule has 0 unspecified atom stereocenters. The molecule has 0 aliphatic rings. The minimum absolute atomic E-state index is 0.892. The van der Waals surface area contributed by atoms with Crippen LogP contribution in [-0.2, 0) is 4.74 Å². The van der Waals surface area contributed by atoms with Gasteiger partial charge in [0, 0.05) is 5.38 Å². The Balaban J connectivity index is 2.67. The predicted molar refractivity (Wildman–Crippen MR) is 45.9 cm³/mol. The molecular weight excluding hydrogens is 214 g/mol. The quantitative estimate of drug-likeness (QED) is 0.714. The summed E-state index contributed by atoms with van der Waals surface area (Å²) >= 11 is 4.81. The highest BCUT2D eigenvalue weighted by atomic mass is 79.9. The van der Waals surface area contributed by atoms with E-state index in [1.807, 2.05) is 5.38 Å². The first-order valence-corrected chi connectivity index (χ1v) is 4.30. The fraction of sp³-hybridized carbons (Fsp3) is 0.167. The zero-order valence-electron chi connectivity index (χ0n) is 5.37. The van der Waals surface area contributed by atoms with Gasteiger partial charge in [-0.25, -0.2) is 4.98 Å². The van der Waals surface area contributed by atoms with Gasteiger partial charge in [0.05, 0.1) is 19.1 Å². The number of ether oxygens (including phenoxy) is 1. The van der Waals surface area contributed by atoms with E-state index in [9.17, 15) is 0 Å². The van der Waals surface area contributed by atoms with Crippen LogP contribution in [-0.4, -0.2) is 12.1 Å². The molecule has 1 heterocycles. The molecule has 0 saturated heterocycles. The average molecular weight is 220 g/mol. The molecule has 0 N–H and O–H groups in total. The minimum Gasteiger partial charge on any atom is -0.504 e. The summed E-state index contributed by atoms with van der Waals surface area (Å²) in [5.74, 6) is 0. The molecule has 2 nitrogen and oxygen atoms in total. The van der Waals surface area contributed by atoms with E-state index in [0.717, 1.165) is 9.61 Å². The van der Waals surface area contributed by atoms with E-state index < -0.39 is 0 Å². The van der Waals surface area contributed by atoms with E-state index in [4.69, 9.17) is 4.74 Å². The van der Waals surface area contributed by atoms with Crippen LogP contribution in [0.5, 0.6) is 0 Å². The van der Waals surface area contributed by atoms with Crippen LogP contribution in [0.1, 0.15) is 5.69 Å². The van der Waals surface area contributed by atoms with Crippen LogP contribution in [0, 0.1) is 0 Å². The summed E-state index contributed by atoms with van der Waals surface area (Å²) in [6.07, 6.45) is 3.41. The van der Waals surface area contributed by atoms with E-state index in [-0.39, 0.29) is 0 Å². The molecular formula is C6H6BrNOS. The topological polar surface area (TPSA) is 22.1 Å². The summed E-state index contributed by atoms with van der Waals surface area (Å²) in [6.45, 7) is 0. The van der Waals surface area contributed by atoms with Crippen LogP contribution >= 0.6 is 27.3 Å². The third-order valence-corrected chi connectivity index (χ3v) is 2.25. The van der Waals surface area contributed by atoms with Crippen molar-refractivity contribution in [2.75, 3.05) is 7.11 Å². The number of halogens is 1. The van der Waals surface area contributed by atoms with E-state index in [2.05, 4.69) is 20.9 Å². The molecule has 0 radical (unpaired) electrons. The van der Waals surface area contributed by atoms with Crippen molar-refractivity contribution < 1.29 is 4.74 Å². The van der Waals surface area contributed by atoms with Crippen molar-refractivity contribution in [3.05, 3.63) is 21.3 Å². The normalized spacial score (nSPS) is 10.6. The Morgan fingerprint density at radius 3 is 3.10 bits per heavy atom. The van der Waals surface area contributed by atoms with Gasteiger partial charge in [-0.3, -0.25) is 0 Å². The second-order valence-electron chi connectivity index (χ2n) is 1.56. The molecule has 1 aromatic rings. The maximum Gasteiger partial charge on any atom is 0.159 e. The molecule has 0 saturated carbocycles. The molecule has 4 heteroatoms. The largest absolute Gasteiger partial charge is 0.504 e. The Morgan fingerprint density at radius 2 is 2.60 bits per heavy atom. The number of nitrogens with zero attached hydrogens (tertiary/aromatic N) is 1. The molecule has 0 amide bonds. The summed E-state index contributed by atoms with van der Waals surface area (Å²) in [6, 6.07) is 0. The van der Waals surface area contributed by atoms with Gasteiger partial charge in [-0.2, -0.15) is 0 Å². The molecule has 0 atom stereocenters. The SMILES string of the molecule is CO/C=C/c1csc(Br)n1. The van der Waals surface area contributed by atoms with Crippen molar-refractivity contribution in [1.82, 2.24) is 4.98 Å². The molecule has 0 aliphatic carbocycles. The molecule has 0 fully saturated rings. The molecule has 0 aromatic carbocycles. The lowest BCUT2D eigenvalue weighted by Gasteiger charge is -1.82. The Kier molecular flexibility index (Phi) is 2.89. The van der Waals surface area contributed by atoms with Crippen molar-refractivity contribution in [1.29, 1.82) is 0 Å². The van der Waals surface area contributed by atoms with Crippen LogP contribution in [0.15, 0.2) is 15.6 Å².